The molecule has 0 atom stereocenters. The zero-order valence-electron chi connectivity index (χ0n) is 10.3. The maximum absolute atomic E-state index is 6.49. The molecule has 3 heteroatoms. The number of nitrogens with two attached hydrogens (primary N) is 1. The highest BCUT2D eigenvalue weighted by molar-refractivity contribution is 7.09. The van der Waals surface area contributed by atoms with Crippen LogP contribution in [0.5, 0.6) is 0 Å². The third-order valence-electron chi connectivity index (χ3n) is 3.98. The predicted octanol–water partition coefficient (Wildman–Crippen LogP) is 3.23. The zero-order valence-corrected chi connectivity index (χ0v) is 11.1. The van der Waals surface area contributed by atoms with Gasteiger partial charge in [-0.05, 0) is 37.5 Å². The summed E-state index contributed by atoms with van der Waals surface area (Å²) in [6, 6.07) is 0. The van der Waals surface area contributed by atoms with Gasteiger partial charge >= 0.3 is 0 Å². The van der Waals surface area contributed by atoms with E-state index in [1.165, 1.54) is 30.6 Å². The Morgan fingerprint density at radius 1 is 1.50 bits per heavy atom. The molecule has 1 aliphatic carbocycles. The van der Waals surface area contributed by atoms with Crippen molar-refractivity contribution in [3.8, 4) is 0 Å². The summed E-state index contributed by atoms with van der Waals surface area (Å²) < 4.78 is 0. The Morgan fingerprint density at radius 3 is 2.69 bits per heavy atom. The highest BCUT2D eigenvalue weighted by atomic mass is 32.1. The Morgan fingerprint density at radius 2 is 2.19 bits per heavy atom. The van der Waals surface area contributed by atoms with Gasteiger partial charge in [0.2, 0.25) is 0 Å². The molecule has 0 radical (unpaired) electrons. The van der Waals surface area contributed by atoms with E-state index in [0.717, 1.165) is 18.3 Å². The minimum Gasteiger partial charge on any atom is -0.325 e. The number of rotatable bonds is 3. The van der Waals surface area contributed by atoms with Gasteiger partial charge in [-0.25, -0.2) is 0 Å². The fourth-order valence-electron chi connectivity index (χ4n) is 2.73. The first-order valence-corrected chi connectivity index (χ1v) is 7.13. The Bertz CT molecular complexity index is 311. The first kappa shape index (κ1) is 12.1. The van der Waals surface area contributed by atoms with Gasteiger partial charge in [0, 0.05) is 23.0 Å². The van der Waals surface area contributed by atoms with E-state index >= 15 is 0 Å². The molecule has 2 nitrogen and oxygen atoms in total. The van der Waals surface area contributed by atoms with E-state index in [4.69, 9.17) is 5.73 Å². The molecule has 2 N–H and O–H groups in total. The smallest absolute Gasteiger partial charge is 0.0794 e. The quantitative estimate of drug-likeness (QED) is 0.878. The summed E-state index contributed by atoms with van der Waals surface area (Å²) in [6.45, 7) is 4.66. The molecule has 0 aliphatic heterocycles. The summed E-state index contributed by atoms with van der Waals surface area (Å²) in [5.41, 5.74) is 8.43. The Balaban J connectivity index is 1.91. The predicted molar refractivity (Wildman–Crippen MR) is 69.5 cm³/mol. The molecule has 0 saturated heterocycles. The molecule has 1 heterocycles. The molecule has 1 aromatic rings. The van der Waals surface area contributed by atoms with Gasteiger partial charge in [0.15, 0.2) is 0 Å². The molecule has 0 unspecified atom stereocenters. The second-order valence-corrected chi connectivity index (χ2v) is 6.56. The van der Waals surface area contributed by atoms with Gasteiger partial charge in [-0.15, -0.1) is 11.3 Å². The van der Waals surface area contributed by atoms with E-state index in [1.807, 2.05) is 11.7 Å². The Labute approximate surface area is 102 Å². The van der Waals surface area contributed by atoms with Crippen LogP contribution in [0.1, 0.15) is 44.4 Å². The zero-order chi connectivity index (χ0) is 11.6. The van der Waals surface area contributed by atoms with Crippen molar-refractivity contribution < 1.29 is 0 Å². The lowest BCUT2D eigenvalue weighted by molar-refractivity contribution is 0.195. The maximum atomic E-state index is 6.49. The van der Waals surface area contributed by atoms with E-state index in [2.05, 4.69) is 18.8 Å². The maximum Gasteiger partial charge on any atom is 0.0794 e. The van der Waals surface area contributed by atoms with E-state index in [9.17, 15) is 0 Å². The number of hydrogen-bond acceptors (Lipinski definition) is 3. The molecule has 2 rings (SSSR count). The number of nitrogens with zero attached hydrogens (tertiary/aromatic N) is 1. The van der Waals surface area contributed by atoms with E-state index in [-0.39, 0.29) is 5.54 Å². The highest BCUT2D eigenvalue weighted by Gasteiger charge is 2.32. The van der Waals surface area contributed by atoms with Crippen LogP contribution in [-0.2, 0) is 6.42 Å². The first-order valence-electron chi connectivity index (χ1n) is 6.25. The van der Waals surface area contributed by atoms with Crippen LogP contribution in [0.3, 0.4) is 0 Å². The molecule has 1 fully saturated rings. The van der Waals surface area contributed by atoms with Crippen LogP contribution >= 0.6 is 11.3 Å². The van der Waals surface area contributed by atoms with Crippen LogP contribution in [0.25, 0.3) is 0 Å². The minimum atomic E-state index is 0.0396. The van der Waals surface area contributed by atoms with Crippen LogP contribution in [0, 0.1) is 11.8 Å². The van der Waals surface area contributed by atoms with Crippen LogP contribution in [0.2, 0.25) is 0 Å². The molecular weight excluding hydrogens is 216 g/mol. The Kier molecular flexibility index (Phi) is 3.65. The SMILES string of the molecule is CC(C)C1CCC(N)(Cc2cncs2)CC1. The number of thiazole rings is 1. The summed E-state index contributed by atoms with van der Waals surface area (Å²) in [7, 11) is 0. The lowest BCUT2D eigenvalue weighted by atomic mass is 9.72. The van der Waals surface area contributed by atoms with Gasteiger partial charge < -0.3 is 5.73 Å². The van der Waals surface area contributed by atoms with Gasteiger partial charge in [-0.3, -0.25) is 4.98 Å². The van der Waals surface area contributed by atoms with Crippen LogP contribution in [0.15, 0.2) is 11.7 Å². The fraction of sp³-hybridized carbons (Fsp3) is 0.769. The van der Waals surface area contributed by atoms with E-state index in [0.29, 0.717) is 0 Å². The van der Waals surface area contributed by atoms with Crippen LogP contribution in [-0.4, -0.2) is 10.5 Å². The lowest BCUT2D eigenvalue weighted by Gasteiger charge is -2.38. The third-order valence-corrected chi connectivity index (χ3v) is 4.76. The lowest BCUT2D eigenvalue weighted by Crippen LogP contribution is -2.45. The van der Waals surface area contributed by atoms with Crippen molar-refractivity contribution in [3.63, 3.8) is 0 Å². The summed E-state index contributed by atoms with van der Waals surface area (Å²) in [4.78, 5) is 5.46. The molecule has 16 heavy (non-hydrogen) atoms. The summed E-state index contributed by atoms with van der Waals surface area (Å²) in [5, 5.41) is 0. The molecule has 1 saturated carbocycles. The third kappa shape index (κ3) is 2.83. The molecule has 0 spiro atoms. The van der Waals surface area contributed by atoms with E-state index < -0.39 is 0 Å². The first-order chi connectivity index (χ1) is 7.59. The van der Waals surface area contributed by atoms with Crippen LogP contribution in [0.4, 0.5) is 0 Å². The van der Waals surface area contributed by atoms with Gasteiger partial charge in [0.1, 0.15) is 0 Å². The minimum absolute atomic E-state index is 0.0396. The average Bonchev–Trinajstić information content (AvgIpc) is 2.70. The van der Waals surface area contributed by atoms with Gasteiger partial charge in [-0.1, -0.05) is 13.8 Å². The standard InChI is InChI=1S/C13H22N2S/c1-10(2)11-3-5-13(14,6-4-11)7-12-8-15-9-16-12/h8-11H,3-7,14H2,1-2H3. The van der Waals surface area contributed by atoms with Crippen molar-refractivity contribution in [3.05, 3.63) is 16.6 Å². The van der Waals surface area contributed by atoms with E-state index in [1.54, 1.807) is 11.3 Å². The van der Waals surface area contributed by atoms with Crippen molar-refractivity contribution >= 4 is 11.3 Å². The van der Waals surface area contributed by atoms with Gasteiger partial charge in [-0.2, -0.15) is 0 Å². The molecule has 1 aromatic heterocycles. The van der Waals surface area contributed by atoms with Gasteiger partial charge in [0.05, 0.1) is 5.51 Å². The van der Waals surface area contributed by atoms with Gasteiger partial charge in [0.25, 0.3) is 0 Å². The topological polar surface area (TPSA) is 38.9 Å². The van der Waals surface area contributed by atoms with Crippen molar-refractivity contribution in [2.24, 2.45) is 17.6 Å². The van der Waals surface area contributed by atoms with Crippen molar-refractivity contribution in [1.29, 1.82) is 0 Å². The molecule has 0 amide bonds. The highest BCUT2D eigenvalue weighted by Crippen LogP contribution is 2.36. The second-order valence-electron chi connectivity index (χ2n) is 5.59. The average molecular weight is 238 g/mol. The van der Waals surface area contributed by atoms with Crippen molar-refractivity contribution in [2.75, 3.05) is 0 Å². The van der Waals surface area contributed by atoms with Crippen LogP contribution < -0.4 is 5.73 Å². The second kappa shape index (κ2) is 4.84. The summed E-state index contributed by atoms with van der Waals surface area (Å²) in [6.07, 6.45) is 7.93. The monoisotopic (exact) mass is 238 g/mol. The molecule has 0 aromatic carbocycles. The Hall–Kier alpha value is -0.410. The number of aromatic nitrogens is 1. The molecule has 1 aliphatic rings. The fourth-order valence-corrected chi connectivity index (χ4v) is 3.48. The van der Waals surface area contributed by atoms with Crippen molar-refractivity contribution in [2.45, 2.75) is 51.5 Å². The summed E-state index contributed by atoms with van der Waals surface area (Å²) >= 11 is 1.73. The molecule has 0 bridgehead atoms. The largest absolute Gasteiger partial charge is 0.325 e. The summed E-state index contributed by atoms with van der Waals surface area (Å²) in [5.74, 6) is 1.70. The van der Waals surface area contributed by atoms with Crippen molar-refractivity contribution in [1.82, 2.24) is 4.98 Å². The number of hydrogen-bond donors (Lipinski definition) is 1. The normalized spacial score (nSPS) is 30.9. The molecule has 90 valence electrons. The molecular formula is C13H22N2S.